The van der Waals surface area contributed by atoms with Crippen LogP contribution in [0.3, 0.4) is 0 Å². The first-order chi connectivity index (χ1) is 6.74. The number of thioether (sulfide) groups is 1. The van der Waals surface area contributed by atoms with Crippen LogP contribution < -0.4 is 0 Å². The van der Waals surface area contributed by atoms with Crippen molar-refractivity contribution >= 4 is 11.8 Å². The van der Waals surface area contributed by atoms with Crippen LogP contribution in [-0.4, -0.2) is 47.3 Å². The zero-order valence-electron chi connectivity index (χ0n) is 9.41. The number of nitrogens with zero attached hydrogens (tertiary/aromatic N) is 1. The summed E-state index contributed by atoms with van der Waals surface area (Å²) in [6, 6.07) is 0. The summed E-state index contributed by atoms with van der Waals surface area (Å²) in [6.07, 6.45) is 2.19. The molecule has 3 heteroatoms. The highest BCUT2D eigenvalue weighted by Crippen LogP contribution is 2.16. The predicted molar refractivity (Wildman–Crippen MR) is 63.8 cm³/mol. The van der Waals surface area contributed by atoms with Gasteiger partial charge >= 0.3 is 0 Å². The van der Waals surface area contributed by atoms with E-state index in [2.05, 4.69) is 18.7 Å². The number of aliphatic hydroxyl groups is 1. The average Bonchev–Trinajstić information content (AvgIpc) is 2.18. The standard InChI is InChI=1S/C11H23NOS/c1-3-14-8-4-6-12-7-5-11(13)10(2)9-12/h10-11,13H,3-9H2,1-2H3. The molecule has 0 bridgehead atoms. The predicted octanol–water partition coefficient (Wildman–Crippen LogP) is 1.83. The third-order valence-corrected chi connectivity index (χ3v) is 3.90. The van der Waals surface area contributed by atoms with Crippen molar-refractivity contribution in [2.75, 3.05) is 31.1 Å². The summed E-state index contributed by atoms with van der Waals surface area (Å²) in [5.74, 6) is 2.97. The third-order valence-electron chi connectivity index (χ3n) is 2.91. The average molecular weight is 217 g/mol. The summed E-state index contributed by atoms with van der Waals surface area (Å²) in [4.78, 5) is 2.49. The smallest absolute Gasteiger partial charge is 0.0590 e. The van der Waals surface area contributed by atoms with Crippen LogP contribution in [-0.2, 0) is 0 Å². The second kappa shape index (κ2) is 6.70. The van der Waals surface area contributed by atoms with Crippen LogP contribution in [0.4, 0.5) is 0 Å². The topological polar surface area (TPSA) is 23.5 Å². The lowest BCUT2D eigenvalue weighted by Crippen LogP contribution is -2.42. The first-order valence-corrected chi connectivity index (χ1v) is 6.87. The fourth-order valence-electron chi connectivity index (χ4n) is 1.96. The van der Waals surface area contributed by atoms with E-state index in [-0.39, 0.29) is 6.10 Å². The Bertz CT molecular complexity index is 154. The molecule has 0 aliphatic carbocycles. The molecule has 1 N–H and O–H groups in total. The van der Waals surface area contributed by atoms with E-state index in [1.165, 1.54) is 24.5 Å². The van der Waals surface area contributed by atoms with Gasteiger partial charge in [-0.05, 0) is 36.8 Å². The maximum Gasteiger partial charge on any atom is 0.0590 e. The number of aliphatic hydroxyl groups excluding tert-OH is 1. The molecule has 0 aromatic rings. The molecule has 0 aromatic heterocycles. The summed E-state index contributed by atoms with van der Waals surface area (Å²) >= 11 is 2.02. The second-order valence-electron chi connectivity index (χ2n) is 4.18. The van der Waals surface area contributed by atoms with Gasteiger partial charge in [0.25, 0.3) is 0 Å². The lowest BCUT2D eigenvalue weighted by molar-refractivity contribution is 0.0353. The minimum Gasteiger partial charge on any atom is -0.393 e. The highest BCUT2D eigenvalue weighted by atomic mass is 32.2. The molecule has 0 radical (unpaired) electrons. The van der Waals surface area contributed by atoms with E-state index in [4.69, 9.17) is 0 Å². The molecule has 1 rings (SSSR count). The van der Waals surface area contributed by atoms with Gasteiger partial charge in [0.1, 0.15) is 0 Å². The molecule has 2 unspecified atom stereocenters. The Morgan fingerprint density at radius 3 is 2.93 bits per heavy atom. The van der Waals surface area contributed by atoms with Gasteiger partial charge in [-0.3, -0.25) is 0 Å². The molecule has 0 amide bonds. The Labute approximate surface area is 92.1 Å². The number of hydrogen-bond acceptors (Lipinski definition) is 3. The van der Waals surface area contributed by atoms with Crippen LogP contribution in [0.2, 0.25) is 0 Å². The largest absolute Gasteiger partial charge is 0.393 e. The van der Waals surface area contributed by atoms with Crippen LogP contribution in [0, 0.1) is 5.92 Å². The van der Waals surface area contributed by atoms with Crippen LogP contribution in [0.1, 0.15) is 26.7 Å². The minimum absolute atomic E-state index is 0.0590. The number of likely N-dealkylation sites (tertiary alicyclic amines) is 1. The second-order valence-corrected chi connectivity index (χ2v) is 5.58. The van der Waals surface area contributed by atoms with Crippen LogP contribution in [0.5, 0.6) is 0 Å². The van der Waals surface area contributed by atoms with Crippen molar-refractivity contribution in [2.24, 2.45) is 5.92 Å². The van der Waals surface area contributed by atoms with E-state index in [1.807, 2.05) is 11.8 Å². The van der Waals surface area contributed by atoms with Gasteiger partial charge < -0.3 is 10.0 Å². The lowest BCUT2D eigenvalue weighted by atomic mass is 9.97. The molecule has 0 saturated carbocycles. The van der Waals surface area contributed by atoms with Crippen molar-refractivity contribution in [3.63, 3.8) is 0 Å². The molecular weight excluding hydrogens is 194 g/mol. The van der Waals surface area contributed by atoms with Crippen molar-refractivity contribution in [3.8, 4) is 0 Å². The van der Waals surface area contributed by atoms with E-state index in [0.29, 0.717) is 5.92 Å². The fourth-order valence-corrected chi connectivity index (χ4v) is 2.58. The summed E-state index contributed by atoms with van der Waals surface area (Å²) in [5, 5.41) is 9.57. The van der Waals surface area contributed by atoms with Crippen molar-refractivity contribution in [3.05, 3.63) is 0 Å². The van der Waals surface area contributed by atoms with E-state index in [1.54, 1.807) is 0 Å². The van der Waals surface area contributed by atoms with Crippen molar-refractivity contribution in [1.82, 2.24) is 4.90 Å². The maximum absolute atomic E-state index is 9.57. The zero-order valence-corrected chi connectivity index (χ0v) is 10.2. The van der Waals surface area contributed by atoms with Crippen molar-refractivity contribution < 1.29 is 5.11 Å². The SMILES string of the molecule is CCSCCCN1CCC(O)C(C)C1. The Morgan fingerprint density at radius 2 is 2.29 bits per heavy atom. The molecule has 0 spiro atoms. The summed E-state index contributed by atoms with van der Waals surface area (Å²) in [7, 11) is 0. The molecule has 2 atom stereocenters. The Morgan fingerprint density at radius 1 is 1.50 bits per heavy atom. The third kappa shape index (κ3) is 4.20. The summed E-state index contributed by atoms with van der Waals surface area (Å²) < 4.78 is 0. The maximum atomic E-state index is 9.57. The molecule has 14 heavy (non-hydrogen) atoms. The fraction of sp³-hybridized carbons (Fsp3) is 1.00. The minimum atomic E-state index is -0.0590. The van der Waals surface area contributed by atoms with E-state index in [9.17, 15) is 5.11 Å². The van der Waals surface area contributed by atoms with Gasteiger partial charge in [0, 0.05) is 13.1 Å². The molecule has 1 fully saturated rings. The van der Waals surface area contributed by atoms with Crippen LogP contribution >= 0.6 is 11.8 Å². The first-order valence-electron chi connectivity index (χ1n) is 5.72. The number of piperidine rings is 1. The van der Waals surface area contributed by atoms with Gasteiger partial charge in [-0.15, -0.1) is 0 Å². The Balaban J connectivity index is 2.07. The van der Waals surface area contributed by atoms with Crippen LogP contribution in [0.25, 0.3) is 0 Å². The van der Waals surface area contributed by atoms with E-state index in [0.717, 1.165) is 19.5 Å². The molecule has 1 saturated heterocycles. The van der Waals surface area contributed by atoms with Gasteiger partial charge in [0.15, 0.2) is 0 Å². The highest BCUT2D eigenvalue weighted by molar-refractivity contribution is 7.99. The zero-order chi connectivity index (χ0) is 10.4. The van der Waals surface area contributed by atoms with E-state index < -0.39 is 0 Å². The molecule has 84 valence electrons. The molecule has 2 nitrogen and oxygen atoms in total. The summed E-state index contributed by atoms with van der Waals surface area (Å²) in [6.45, 7) is 7.74. The van der Waals surface area contributed by atoms with Gasteiger partial charge in [-0.25, -0.2) is 0 Å². The number of rotatable bonds is 5. The highest BCUT2D eigenvalue weighted by Gasteiger charge is 2.23. The van der Waals surface area contributed by atoms with Crippen LogP contribution in [0.15, 0.2) is 0 Å². The van der Waals surface area contributed by atoms with Crippen molar-refractivity contribution in [2.45, 2.75) is 32.8 Å². The van der Waals surface area contributed by atoms with Gasteiger partial charge in [-0.1, -0.05) is 13.8 Å². The molecular formula is C11H23NOS. The van der Waals surface area contributed by atoms with Crippen molar-refractivity contribution in [1.29, 1.82) is 0 Å². The molecule has 0 aromatic carbocycles. The number of hydrogen-bond donors (Lipinski definition) is 1. The van der Waals surface area contributed by atoms with Gasteiger partial charge in [0.2, 0.25) is 0 Å². The lowest BCUT2D eigenvalue weighted by Gasteiger charge is -2.34. The Hall–Kier alpha value is 0.270. The normalized spacial score (nSPS) is 29.4. The monoisotopic (exact) mass is 217 g/mol. The molecule has 1 aliphatic rings. The Kier molecular flexibility index (Phi) is 5.90. The van der Waals surface area contributed by atoms with Gasteiger partial charge in [-0.2, -0.15) is 11.8 Å². The molecule has 1 heterocycles. The molecule has 1 aliphatic heterocycles. The summed E-state index contributed by atoms with van der Waals surface area (Å²) in [5.41, 5.74) is 0. The van der Waals surface area contributed by atoms with E-state index >= 15 is 0 Å². The van der Waals surface area contributed by atoms with Gasteiger partial charge in [0.05, 0.1) is 6.10 Å². The first kappa shape index (κ1) is 12.3. The quantitative estimate of drug-likeness (QED) is 0.711.